The number of aromatic nitrogens is 3. The van der Waals surface area contributed by atoms with Gasteiger partial charge in [0, 0.05) is 39.3 Å². The molecule has 0 aromatic carbocycles. The molecule has 0 spiro atoms. The van der Waals surface area contributed by atoms with Gasteiger partial charge in [0.1, 0.15) is 0 Å². The molecule has 1 aromatic heterocycles. The van der Waals surface area contributed by atoms with Crippen LogP contribution in [0.2, 0.25) is 0 Å². The summed E-state index contributed by atoms with van der Waals surface area (Å²) in [6.45, 7) is 7.66. The number of ether oxygens (including phenoxy) is 1. The number of hydrogen-bond acceptors (Lipinski definition) is 7. The Labute approximate surface area is 119 Å². The van der Waals surface area contributed by atoms with Crippen molar-refractivity contribution in [1.29, 1.82) is 0 Å². The average molecular weight is 278 g/mol. The summed E-state index contributed by atoms with van der Waals surface area (Å²) in [7, 11) is 0. The first-order valence-electron chi connectivity index (χ1n) is 7.40. The zero-order valence-corrected chi connectivity index (χ0v) is 11.8. The van der Waals surface area contributed by atoms with E-state index in [2.05, 4.69) is 30.3 Å². The van der Waals surface area contributed by atoms with Crippen molar-refractivity contribution >= 4 is 11.8 Å². The molecule has 3 heterocycles. The molecule has 0 radical (unpaired) electrons. The van der Waals surface area contributed by atoms with Crippen molar-refractivity contribution in [2.45, 2.75) is 12.8 Å². The Morgan fingerprint density at radius 2 is 1.95 bits per heavy atom. The van der Waals surface area contributed by atoms with Crippen LogP contribution in [0, 0.1) is 0 Å². The number of hydrogen-bond donors (Lipinski definition) is 1. The smallest absolute Gasteiger partial charge is 0.244 e. The molecule has 0 saturated carbocycles. The maximum Gasteiger partial charge on any atom is 0.244 e. The Morgan fingerprint density at radius 1 is 1.15 bits per heavy atom. The number of nitrogens with one attached hydrogen (secondary N) is 1. The van der Waals surface area contributed by atoms with E-state index >= 15 is 0 Å². The van der Waals surface area contributed by atoms with Crippen molar-refractivity contribution in [3.05, 3.63) is 6.20 Å². The molecule has 2 aliphatic rings. The molecule has 2 saturated heterocycles. The van der Waals surface area contributed by atoms with E-state index in [1.54, 1.807) is 6.20 Å². The van der Waals surface area contributed by atoms with Crippen LogP contribution in [-0.2, 0) is 4.74 Å². The molecule has 2 aliphatic heterocycles. The Bertz CT molecular complexity index is 417. The van der Waals surface area contributed by atoms with E-state index in [9.17, 15) is 0 Å². The van der Waals surface area contributed by atoms with Crippen LogP contribution in [-0.4, -0.2) is 72.6 Å². The van der Waals surface area contributed by atoms with Crippen LogP contribution in [0.15, 0.2) is 6.20 Å². The predicted molar refractivity (Wildman–Crippen MR) is 77.0 cm³/mol. The van der Waals surface area contributed by atoms with E-state index in [-0.39, 0.29) is 0 Å². The van der Waals surface area contributed by atoms with Crippen LogP contribution in [0.25, 0.3) is 0 Å². The zero-order chi connectivity index (χ0) is 13.6. The fourth-order valence-corrected chi connectivity index (χ4v) is 2.62. The SMILES string of the molecule is c1nnc(NCCN2CCOCC2)nc1N1CCCC1. The van der Waals surface area contributed by atoms with Crippen LogP contribution >= 0.6 is 0 Å². The lowest BCUT2D eigenvalue weighted by molar-refractivity contribution is 0.0398. The third-order valence-electron chi connectivity index (χ3n) is 3.79. The fourth-order valence-electron chi connectivity index (χ4n) is 2.62. The Morgan fingerprint density at radius 3 is 2.75 bits per heavy atom. The minimum Gasteiger partial charge on any atom is -0.379 e. The van der Waals surface area contributed by atoms with Gasteiger partial charge < -0.3 is 15.0 Å². The highest BCUT2D eigenvalue weighted by molar-refractivity contribution is 5.40. The summed E-state index contributed by atoms with van der Waals surface area (Å²) in [6.07, 6.45) is 4.23. The maximum absolute atomic E-state index is 5.33. The fraction of sp³-hybridized carbons (Fsp3) is 0.769. The predicted octanol–water partition coefficient (Wildman–Crippen LogP) is 0.216. The van der Waals surface area contributed by atoms with E-state index in [0.29, 0.717) is 5.95 Å². The Balaban J connectivity index is 1.48. The van der Waals surface area contributed by atoms with Crippen molar-refractivity contribution < 1.29 is 4.74 Å². The molecular weight excluding hydrogens is 256 g/mol. The summed E-state index contributed by atoms with van der Waals surface area (Å²) in [4.78, 5) is 9.18. The summed E-state index contributed by atoms with van der Waals surface area (Å²) in [6, 6.07) is 0. The molecule has 0 atom stereocenters. The zero-order valence-electron chi connectivity index (χ0n) is 11.8. The molecule has 20 heavy (non-hydrogen) atoms. The van der Waals surface area contributed by atoms with Crippen molar-refractivity contribution in [1.82, 2.24) is 20.1 Å². The van der Waals surface area contributed by atoms with Gasteiger partial charge >= 0.3 is 0 Å². The molecule has 7 nitrogen and oxygen atoms in total. The lowest BCUT2D eigenvalue weighted by Crippen LogP contribution is -2.39. The Hall–Kier alpha value is -1.47. The summed E-state index contributed by atoms with van der Waals surface area (Å²) in [5, 5.41) is 11.4. The minimum atomic E-state index is 0.627. The van der Waals surface area contributed by atoms with Crippen LogP contribution in [0.5, 0.6) is 0 Å². The number of rotatable bonds is 5. The molecule has 1 aromatic rings. The first-order chi connectivity index (χ1) is 9.92. The van der Waals surface area contributed by atoms with Gasteiger partial charge in [-0.3, -0.25) is 4.90 Å². The first kappa shape index (κ1) is 13.5. The largest absolute Gasteiger partial charge is 0.379 e. The average Bonchev–Trinajstić information content (AvgIpc) is 3.03. The van der Waals surface area contributed by atoms with E-state index in [1.165, 1.54) is 12.8 Å². The molecule has 2 fully saturated rings. The van der Waals surface area contributed by atoms with E-state index in [1.807, 2.05) is 0 Å². The molecule has 0 amide bonds. The highest BCUT2D eigenvalue weighted by atomic mass is 16.5. The van der Waals surface area contributed by atoms with Crippen molar-refractivity contribution in [2.24, 2.45) is 0 Å². The van der Waals surface area contributed by atoms with Gasteiger partial charge in [0.05, 0.1) is 19.4 Å². The number of nitrogens with zero attached hydrogens (tertiary/aromatic N) is 5. The maximum atomic E-state index is 5.33. The van der Waals surface area contributed by atoms with Crippen molar-refractivity contribution in [3.63, 3.8) is 0 Å². The van der Waals surface area contributed by atoms with Gasteiger partial charge in [-0.25, -0.2) is 0 Å². The van der Waals surface area contributed by atoms with Crippen LogP contribution in [0.4, 0.5) is 11.8 Å². The topological polar surface area (TPSA) is 66.4 Å². The Kier molecular flexibility index (Phi) is 4.60. The van der Waals surface area contributed by atoms with Crippen LogP contribution < -0.4 is 10.2 Å². The summed E-state index contributed by atoms with van der Waals surface area (Å²) in [5.41, 5.74) is 0. The highest BCUT2D eigenvalue weighted by Gasteiger charge is 2.15. The lowest BCUT2D eigenvalue weighted by Gasteiger charge is -2.26. The van der Waals surface area contributed by atoms with Crippen LogP contribution in [0.3, 0.4) is 0 Å². The van der Waals surface area contributed by atoms with E-state index in [0.717, 1.165) is 58.3 Å². The second kappa shape index (κ2) is 6.81. The molecular formula is C13H22N6O. The minimum absolute atomic E-state index is 0.627. The van der Waals surface area contributed by atoms with Crippen molar-refractivity contribution in [3.8, 4) is 0 Å². The van der Waals surface area contributed by atoms with Gasteiger partial charge in [-0.2, -0.15) is 10.1 Å². The van der Waals surface area contributed by atoms with Crippen LogP contribution in [0.1, 0.15) is 12.8 Å². The standard InChI is InChI=1S/C13H22N6O/c1-2-5-19(4-1)12-11-15-17-13(16-12)14-3-6-18-7-9-20-10-8-18/h11H,1-10H2,(H,14,16,17). The lowest BCUT2D eigenvalue weighted by atomic mass is 10.4. The van der Waals surface area contributed by atoms with Gasteiger partial charge in [-0.05, 0) is 12.8 Å². The third-order valence-corrected chi connectivity index (χ3v) is 3.79. The normalized spacial score (nSPS) is 20.3. The molecule has 110 valence electrons. The van der Waals surface area contributed by atoms with Gasteiger partial charge in [0.25, 0.3) is 0 Å². The number of morpholine rings is 1. The molecule has 3 rings (SSSR count). The van der Waals surface area contributed by atoms with Gasteiger partial charge in [0.15, 0.2) is 5.82 Å². The van der Waals surface area contributed by atoms with Gasteiger partial charge in [0.2, 0.25) is 5.95 Å². The van der Waals surface area contributed by atoms with E-state index < -0.39 is 0 Å². The van der Waals surface area contributed by atoms with Gasteiger partial charge in [-0.1, -0.05) is 0 Å². The van der Waals surface area contributed by atoms with Gasteiger partial charge in [-0.15, -0.1) is 5.10 Å². The molecule has 7 heteroatoms. The summed E-state index contributed by atoms with van der Waals surface area (Å²) in [5.74, 6) is 1.56. The monoisotopic (exact) mass is 278 g/mol. The molecule has 1 N–H and O–H groups in total. The second-order valence-electron chi connectivity index (χ2n) is 5.21. The van der Waals surface area contributed by atoms with Crippen molar-refractivity contribution in [2.75, 3.05) is 62.7 Å². The second-order valence-corrected chi connectivity index (χ2v) is 5.21. The third kappa shape index (κ3) is 3.55. The molecule has 0 unspecified atom stereocenters. The quantitative estimate of drug-likeness (QED) is 0.826. The summed E-state index contributed by atoms with van der Waals surface area (Å²) < 4.78 is 5.33. The highest BCUT2D eigenvalue weighted by Crippen LogP contribution is 2.16. The first-order valence-corrected chi connectivity index (χ1v) is 7.40. The number of anilines is 2. The van der Waals surface area contributed by atoms with E-state index in [4.69, 9.17) is 4.74 Å². The molecule has 0 bridgehead atoms. The molecule has 0 aliphatic carbocycles. The summed E-state index contributed by atoms with van der Waals surface area (Å²) >= 11 is 0.